The minimum atomic E-state index is -4.34. The van der Waals surface area contributed by atoms with E-state index in [2.05, 4.69) is 5.10 Å². The van der Waals surface area contributed by atoms with E-state index in [0.29, 0.717) is 0 Å². The maximum absolute atomic E-state index is 12.6. The van der Waals surface area contributed by atoms with Gasteiger partial charge in [0.1, 0.15) is 5.69 Å². The van der Waals surface area contributed by atoms with Crippen molar-refractivity contribution in [2.75, 3.05) is 0 Å². The highest BCUT2D eigenvalue weighted by atomic mass is 19.4. The highest BCUT2D eigenvalue weighted by molar-refractivity contribution is 5.27. The summed E-state index contributed by atoms with van der Waals surface area (Å²) in [5.74, 6) is 0. The van der Waals surface area contributed by atoms with E-state index in [1.54, 1.807) is 20.8 Å². The van der Waals surface area contributed by atoms with E-state index in [-0.39, 0.29) is 5.56 Å². The lowest BCUT2D eigenvalue weighted by Gasteiger charge is -2.20. The van der Waals surface area contributed by atoms with Crippen molar-refractivity contribution >= 4 is 0 Å². The van der Waals surface area contributed by atoms with E-state index < -0.39 is 17.3 Å². The molecule has 16 heavy (non-hydrogen) atoms. The number of aromatic nitrogens is 2. The molecular formula is C11H19F3N2. The van der Waals surface area contributed by atoms with Crippen molar-refractivity contribution in [2.45, 2.75) is 46.2 Å². The second-order valence-corrected chi connectivity index (χ2v) is 4.28. The number of hydrogen-bond donors (Lipinski definition) is 0. The number of halogens is 3. The molecule has 94 valence electrons. The van der Waals surface area contributed by atoms with Gasteiger partial charge in [0.15, 0.2) is 0 Å². The van der Waals surface area contributed by atoms with Crippen LogP contribution in [0.4, 0.5) is 13.2 Å². The Balaban J connectivity index is 0.00000106. The quantitative estimate of drug-likeness (QED) is 0.670. The Morgan fingerprint density at radius 3 is 1.81 bits per heavy atom. The molecule has 0 aliphatic rings. The molecule has 1 heterocycles. The number of alkyl halides is 3. The molecule has 0 radical (unpaired) electrons. The SMILES string of the molecule is CC.Cn1ncc(C(C)(C)C)c1C(F)(F)F. The molecule has 0 bridgehead atoms. The van der Waals surface area contributed by atoms with Crippen LogP contribution in [0.25, 0.3) is 0 Å². The van der Waals surface area contributed by atoms with Gasteiger partial charge in [-0.2, -0.15) is 18.3 Å². The third-order valence-corrected chi connectivity index (χ3v) is 2.02. The molecule has 0 aliphatic heterocycles. The van der Waals surface area contributed by atoms with Gasteiger partial charge in [-0.1, -0.05) is 34.6 Å². The summed E-state index contributed by atoms with van der Waals surface area (Å²) >= 11 is 0. The van der Waals surface area contributed by atoms with Gasteiger partial charge in [0, 0.05) is 12.6 Å². The van der Waals surface area contributed by atoms with Crippen molar-refractivity contribution < 1.29 is 13.2 Å². The second kappa shape index (κ2) is 4.89. The zero-order valence-electron chi connectivity index (χ0n) is 10.6. The average Bonchev–Trinajstić information content (AvgIpc) is 2.49. The summed E-state index contributed by atoms with van der Waals surface area (Å²) in [4.78, 5) is 0. The third-order valence-electron chi connectivity index (χ3n) is 2.02. The summed E-state index contributed by atoms with van der Waals surface area (Å²) in [6.45, 7) is 9.21. The number of hydrogen-bond acceptors (Lipinski definition) is 1. The molecule has 0 spiro atoms. The monoisotopic (exact) mass is 236 g/mol. The summed E-state index contributed by atoms with van der Waals surface area (Å²) in [6, 6.07) is 0. The number of rotatable bonds is 0. The molecule has 5 heteroatoms. The molecular weight excluding hydrogens is 217 g/mol. The third kappa shape index (κ3) is 3.25. The smallest absolute Gasteiger partial charge is 0.263 e. The fourth-order valence-electron chi connectivity index (χ4n) is 1.32. The second-order valence-electron chi connectivity index (χ2n) is 4.28. The van der Waals surface area contributed by atoms with Crippen LogP contribution in [-0.2, 0) is 18.6 Å². The Hall–Kier alpha value is -1.00. The molecule has 0 saturated heterocycles. The maximum atomic E-state index is 12.6. The lowest BCUT2D eigenvalue weighted by atomic mass is 9.87. The van der Waals surface area contributed by atoms with Crippen molar-refractivity contribution in [2.24, 2.45) is 7.05 Å². The normalized spacial score (nSPS) is 12.1. The summed E-state index contributed by atoms with van der Waals surface area (Å²) in [5, 5.41) is 3.65. The van der Waals surface area contributed by atoms with Crippen LogP contribution < -0.4 is 0 Å². The van der Waals surface area contributed by atoms with Crippen molar-refractivity contribution in [3.05, 3.63) is 17.5 Å². The van der Waals surface area contributed by atoms with Crippen LogP contribution in [0.1, 0.15) is 45.9 Å². The fraction of sp³-hybridized carbons (Fsp3) is 0.727. The molecule has 0 aliphatic carbocycles. The predicted octanol–water partition coefficient (Wildman–Crippen LogP) is 3.76. The van der Waals surface area contributed by atoms with E-state index in [4.69, 9.17) is 0 Å². The van der Waals surface area contributed by atoms with Crippen LogP contribution in [0.15, 0.2) is 6.20 Å². The van der Waals surface area contributed by atoms with E-state index in [9.17, 15) is 13.2 Å². The van der Waals surface area contributed by atoms with E-state index in [1.807, 2.05) is 13.8 Å². The van der Waals surface area contributed by atoms with Gasteiger partial charge in [-0.25, -0.2) is 0 Å². The molecule has 0 fully saturated rings. The molecule has 1 aromatic rings. The van der Waals surface area contributed by atoms with Gasteiger partial charge in [-0.3, -0.25) is 4.68 Å². The first-order chi connectivity index (χ1) is 7.14. The lowest BCUT2D eigenvalue weighted by molar-refractivity contribution is -0.144. The van der Waals surface area contributed by atoms with Crippen molar-refractivity contribution in [1.82, 2.24) is 9.78 Å². The number of nitrogens with zero attached hydrogens (tertiary/aromatic N) is 2. The minimum absolute atomic E-state index is 0.229. The molecule has 0 aromatic carbocycles. The first-order valence-corrected chi connectivity index (χ1v) is 5.23. The van der Waals surface area contributed by atoms with Crippen LogP contribution in [0.3, 0.4) is 0 Å². The average molecular weight is 236 g/mol. The standard InChI is InChI=1S/C9H13F3N2.C2H6/c1-8(2,3)6-5-13-14(4)7(6)9(10,11)12;1-2/h5H,1-4H3;1-2H3. The van der Waals surface area contributed by atoms with Gasteiger partial charge in [-0.15, -0.1) is 0 Å². The molecule has 1 aromatic heterocycles. The van der Waals surface area contributed by atoms with E-state index in [1.165, 1.54) is 13.2 Å². The maximum Gasteiger partial charge on any atom is 0.433 e. The largest absolute Gasteiger partial charge is 0.433 e. The van der Waals surface area contributed by atoms with Crippen molar-refractivity contribution in [3.8, 4) is 0 Å². The van der Waals surface area contributed by atoms with Gasteiger partial charge in [-0.05, 0) is 5.41 Å². The van der Waals surface area contributed by atoms with E-state index in [0.717, 1.165) is 4.68 Å². The van der Waals surface area contributed by atoms with Crippen LogP contribution in [-0.4, -0.2) is 9.78 Å². The molecule has 0 atom stereocenters. The summed E-state index contributed by atoms with van der Waals surface area (Å²) in [7, 11) is 1.30. The molecule has 1 rings (SSSR count). The first kappa shape index (κ1) is 15.0. The molecule has 0 saturated carbocycles. The Morgan fingerprint density at radius 2 is 1.56 bits per heavy atom. The summed E-state index contributed by atoms with van der Waals surface area (Å²) in [5.41, 5.74) is -0.975. The molecule has 2 nitrogen and oxygen atoms in total. The van der Waals surface area contributed by atoms with Crippen molar-refractivity contribution in [3.63, 3.8) is 0 Å². The fourth-order valence-corrected chi connectivity index (χ4v) is 1.32. The minimum Gasteiger partial charge on any atom is -0.263 e. The number of aryl methyl sites for hydroxylation is 1. The predicted molar refractivity (Wildman–Crippen MR) is 58.3 cm³/mol. The van der Waals surface area contributed by atoms with Crippen LogP contribution >= 0.6 is 0 Å². The summed E-state index contributed by atoms with van der Waals surface area (Å²) < 4.78 is 38.7. The van der Waals surface area contributed by atoms with Crippen LogP contribution in [0, 0.1) is 0 Å². The Labute approximate surface area is 94.5 Å². The highest BCUT2D eigenvalue weighted by Crippen LogP contribution is 2.36. The van der Waals surface area contributed by atoms with Gasteiger partial charge in [0.2, 0.25) is 0 Å². The van der Waals surface area contributed by atoms with Crippen molar-refractivity contribution in [1.29, 1.82) is 0 Å². The molecule has 0 N–H and O–H groups in total. The Morgan fingerprint density at radius 1 is 1.12 bits per heavy atom. The van der Waals surface area contributed by atoms with Crippen LogP contribution in [0.2, 0.25) is 0 Å². The Kier molecular flexibility index (Phi) is 4.58. The topological polar surface area (TPSA) is 17.8 Å². The van der Waals surface area contributed by atoms with Gasteiger partial charge in [0.25, 0.3) is 0 Å². The first-order valence-electron chi connectivity index (χ1n) is 5.23. The summed E-state index contributed by atoms with van der Waals surface area (Å²) in [6.07, 6.45) is -3.06. The zero-order chi connectivity index (χ0) is 13.1. The van der Waals surface area contributed by atoms with Gasteiger partial charge in [0.05, 0.1) is 6.20 Å². The van der Waals surface area contributed by atoms with Gasteiger partial charge < -0.3 is 0 Å². The zero-order valence-corrected chi connectivity index (χ0v) is 10.6. The highest BCUT2D eigenvalue weighted by Gasteiger charge is 2.40. The Bertz CT molecular complexity index is 332. The van der Waals surface area contributed by atoms with E-state index >= 15 is 0 Å². The molecule has 0 unspecified atom stereocenters. The van der Waals surface area contributed by atoms with Gasteiger partial charge >= 0.3 is 6.18 Å². The van der Waals surface area contributed by atoms with Crippen LogP contribution in [0.5, 0.6) is 0 Å². The lowest BCUT2D eigenvalue weighted by Crippen LogP contribution is -2.20. The molecule has 0 amide bonds.